The van der Waals surface area contributed by atoms with Gasteiger partial charge in [-0.05, 0) is 65.7 Å². The van der Waals surface area contributed by atoms with E-state index in [9.17, 15) is 24.0 Å². The molecular formula is C27H44N2O7. The van der Waals surface area contributed by atoms with Crippen LogP contribution in [0.2, 0.25) is 0 Å². The zero-order valence-electron chi connectivity index (χ0n) is 22.5. The lowest BCUT2D eigenvalue weighted by atomic mass is 9.76. The van der Waals surface area contributed by atoms with Crippen LogP contribution in [0.3, 0.4) is 0 Å². The SMILES string of the molecule is CCC(C)(C(=O)OCCOC(=O)CC(C)=O)C(CCCC(C)N1CCCCCC1=O)N1CCCC1=O. The fourth-order valence-corrected chi connectivity index (χ4v) is 5.27. The largest absolute Gasteiger partial charge is 0.462 e. The van der Waals surface area contributed by atoms with Crippen molar-refractivity contribution in [2.75, 3.05) is 26.3 Å². The van der Waals surface area contributed by atoms with Crippen molar-refractivity contribution in [3.63, 3.8) is 0 Å². The van der Waals surface area contributed by atoms with Crippen molar-refractivity contribution in [1.29, 1.82) is 0 Å². The molecule has 2 amide bonds. The van der Waals surface area contributed by atoms with Crippen molar-refractivity contribution in [1.82, 2.24) is 9.80 Å². The summed E-state index contributed by atoms with van der Waals surface area (Å²) < 4.78 is 10.4. The number of carbonyl (C=O) groups excluding carboxylic acids is 5. The third-order valence-electron chi connectivity index (χ3n) is 7.64. The standard InChI is InChI=1S/C27H44N2O7/c1-5-27(4,26(34)36-18-17-35-25(33)19-21(3)30)22(29-16-10-14-24(29)32)12-9-11-20(2)28-15-8-6-7-13-23(28)31/h20,22H,5-19H2,1-4H3. The fraction of sp³-hybridized carbons (Fsp3) is 0.815. The Labute approximate surface area is 215 Å². The van der Waals surface area contributed by atoms with Crippen molar-refractivity contribution in [3.05, 3.63) is 0 Å². The molecule has 36 heavy (non-hydrogen) atoms. The number of carbonyl (C=O) groups is 5. The molecule has 2 heterocycles. The average Bonchev–Trinajstić information content (AvgIpc) is 3.12. The van der Waals surface area contributed by atoms with E-state index in [2.05, 4.69) is 6.92 Å². The van der Waals surface area contributed by atoms with Crippen molar-refractivity contribution in [3.8, 4) is 0 Å². The monoisotopic (exact) mass is 508 g/mol. The number of likely N-dealkylation sites (tertiary alicyclic amines) is 2. The molecule has 0 N–H and O–H groups in total. The summed E-state index contributed by atoms with van der Waals surface area (Å²) in [5, 5.41) is 0. The van der Waals surface area contributed by atoms with Gasteiger partial charge in [-0.2, -0.15) is 0 Å². The Kier molecular flexibility index (Phi) is 11.9. The van der Waals surface area contributed by atoms with Gasteiger partial charge in [-0.3, -0.25) is 24.0 Å². The normalized spacial score (nSPS) is 19.9. The van der Waals surface area contributed by atoms with Crippen LogP contribution in [-0.2, 0) is 33.4 Å². The minimum atomic E-state index is -0.912. The lowest BCUT2D eigenvalue weighted by Crippen LogP contribution is -2.51. The molecule has 0 aromatic carbocycles. The quantitative estimate of drug-likeness (QED) is 0.201. The minimum absolute atomic E-state index is 0.0568. The van der Waals surface area contributed by atoms with E-state index >= 15 is 0 Å². The van der Waals surface area contributed by atoms with Gasteiger partial charge in [0.1, 0.15) is 25.4 Å². The van der Waals surface area contributed by atoms with E-state index in [0.717, 1.165) is 45.1 Å². The smallest absolute Gasteiger partial charge is 0.314 e. The highest BCUT2D eigenvalue weighted by molar-refractivity contribution is 5.94. The van der Waals surface area contributed by atoms with E-state index in [1.54, 1.807) is 0 Å². The van der Waals surface area contributed by atoms with Gasteiger partial charge in [0, 0.05) is 38.0 Å². The second kappa shape index (κ2) is 14.3. The molecule has 2 aliphatic heterocycles. The summed E-state index contributed by atoms with van der Waals surface area (Å²) in [4.78, 5) is 64.8. The maximum atomic E-state index is 13.2. The van der Waals surface area contributed by atoms with Gasteiger partial charge in [0.2, 0.25) is 11.8 Å². The molecule has 0 spiro atoms. The summed E-state index contributed by atoms with van der Waals surface area (Å²) in [6, 6.07) is -0.188. The van der Waals surface area contributed by atoms with E-state index in [4.69, 9.17) is 9.47 Å². The van der Waals surface area contributed by atoms with Crippen LogP contribution in [0.15, 0.2) is 0 Å². The Morgan fingerprint density at radius 2 is 1.56 bits per heavy atom. The summed E-state index contributed by atoms with van der Waals surface area (Å²) in [5.74, 6) is -1.08. The molecule has 9 heteroatoms. The molecule has 3 unspecified atom stereocenters. The molecule has 2 fully saturated rings. The third kappa shape index (κ3) is 8.30. The van der Waals surface area contributed by atoms with E-state index in [-0.39, 0.29) is 49.3 Å². The Morgan fingerprint density at radius 1 is 0.917 bits per heavy atom. The summed E-state index contributed by atoms with van der Waals surface area (Å²) in [6.07, 6.45) is 7.36. The van der Waals surface area contributed by atoms with Gasteiger partial charge in [0.15, 0.2) is 0 Å². The van der Waals surface area contributed by atoms with Gasteiger partial charge in [0.05, 0.1) is 5.41 Å². The maximum absolute atomic E-state index is 13.2. The summed E-state index contributed by atoms with van der Waals surface area (Å²) in [6.45, 7) is 8.34. The van der Waals surface area contributed by atoms with Crippen LogP contribution in [0.5, 0.6) is 0 Å². The van der Waals surface area contributed by atoms with E-state index in [1.165, 1.54) is 6.92 Å². The van der Waals surface area contributed by atoms with Crippen molar-refractivity contribution >= 4 is 29.5 Å². The van der Waals surface area contributed by atoms with E-state index < -0.39 is 17.4 Å². The molecule has 2 rings (SSSR count). The molecule has 0 aromatic heterocycles. The Bertz CT molecular complexity index is 799. The van der Waals surface area contributed by atoms with Gasteiger partial charge in [0.25, 0.3) is 0 Å². The topological polar surface area (TPSA) is 110 Å². The van der Waals surface area contributed by atoms with Crippen molar-refractivity contribution in [2.45, 2.75) is 110 Å². The summed E-state index contributed by atoms with van der Waals surface area (Å²) in [7, 11) is 0. The number of Topliss-reactive ketones (excluding diaryl/α,β-unsaturated/α-hetero) is 1. The fourth-order valence-electron chi connectivity index (χ4n) is 5.27. The number of ether oxygens (including phenoxy) is 2. The Morgan fingerprint density at radius 3 is 2.19 bits per heavy atom. The molecule has 0 bridgehead atoms. The van der Waals surface area contributed by atoms with Crippen LogP contribution in [-0.4, -0.2) is 77.7 Å². The Hall–Kier alpha value is -2.45. The van der Waals surface area contributed by atoms with Crippen LogP contribution < -0.4 is 0 Å². The molecule has 2 aliphatic rings. The first-order valence-corrected chi connectivity index (χ1v) is 13.5. The molecule has 0 radical (unpaired) electrons. The van der Waals surface area contributed by atoms with Gasteiger partial charge < -0.3 is 19.3 Å². The number of esters is 2. The van der Waals surface area contributed by atoms with Gasteiger partial charge >= 0.3 is 11.9 Å². The molecule has 204 valence electrons. The van der Waals surface area contributed by atoms with E-state index in [1.807, 2.05) is 23.6 Å². The third-order valence-corrected chi connectivity index (χ3v) is 7.64. The number of hydrogen-bond acceptors (Lipinski definition) is 7. The number of hydrogen-bond donors (Lipinski definition) is 0. The van der Waals surface area contributed by atoms with Crippen LogP contribution in [0, 0.1) is 5.41 Å². The maximum Gasteiger partial charge on any atom is 0.314 e. The van der Waals surface area contributed by atoms with Gasteiger partial charge in [-0.15, -0.1) is 0 Å². The van der Waals surface area contributed by atoms with Crippen LogP contribution >= 0.6 is 0 Å². The second-order valence-corrected chi connectivity index (χ2v) is 10.4. The highest BCUT2D eigenvalue weighted by atomic mass is 16.6. The first-order valence-electron chi connectivity index (χ1n) is 13.5. The van der Waals surface area contributed by atoms with Crippen molar-refractivity contribution < 1.29 is 33.4 Å². The zero-order valence-corrected chi connectivity index (χ0v) is 22.5. The number of nitrogens with zero attached hydrogens (tertiary/aromatic N) is 2. The zero-order chi connectivity index (χ0) is 26.7. The molecule has 9 nitrogen and oxygen atoms in total. The molecule has 0 aromatic rings. The molecule has 2 saturated heterocycles. The molecular weight excluding hydrogens is 464 g/mol. The van der Waals surface area contributed by atoms with Gasteiger partial charge in [-0.25, -0.2) is 0 Å². The highest BCUT2D eigenvalue weighted by Gasteiger charge is 2.46. The predicted molar refractivity (Wildman–Crippen MR) is 134 cm³/mol. The van der Waals surface area contributed by atoms with Crippen molar-refractivity contribution in [2.24, 2.45) is 5.41 Å². The highest BCUT2D eigenvalue weighted by Crippen LogP contribution is 2.37. The number of ketones is 1. The van der Waals surface area contributed by atoms with Crippen LogP contribution in [0.25, 0.3) is 0 Å². The number of amides is 2. The molecule has 0 aliphatic carbocycles. The minimum Gasteiger partial charge on any atom is -0.462 e. The second-order valence-electron chi connectivity index (χ2n) is 10.4. The first kappa shape index (κ1) is 29.8. The lowest BCUT2D eigenvalue weighted by Gasteiger charge is -2.41. The molecule has 3 atom stereocenters. The lowest BCUT2D eigenvalue weighted by molar-refractivity contribution is -0.165. The molecule has 0 saturated carbocycles. The van der Waals surface area contributed by atoms with Gasteiger partial charge in [-0.1, -0.05) is 13.3 Å². The average molecular weight is 509 g/mol. The van der Waals surface area contributed by atoms with E-state index in [0.29, 0.717) is 32.2 Å². The predicted octanol–water partition coefficient (Wildman–Crippen LogP) is 3.42. The summed E-state index contributed by atoms with van der Waals surface area (Å²) in [5.41, 5.74) is -0.912. The number of rotatable bonds is 14. The first-order chi connectivity index (χ1) is 17.1. The summed E-state index contributed by atoms with van der Waals surface area (Å²) >= 11 is 0. The Balaban J connectivity index is 2.00. The van der Waals surface area contributed by atoms with Crippen LogP contribution in [0.4, 0.5) is 0 Å². The van der Waals surface area contributed by atoms with Crippen LogP contribution in [0.1, 0.15) is 98.3 Å².